The summed E-state index contributed by atoms with van der Waals surface area (Å²) in [4.78, 5) is 34.1. The van der Waals surface area contributed by atoms with Gasteiger partial charge in [-0.2, -0.15) is 0 Å². The van der Waals surface area contributed by atoms with Crippen molar-refractivity contribution in [2.75, 3.05) is 0 Å². The number of carbonyl (C=O) groups is 2. The monoisotopic (exact) mass is 307 g/mol. The zero-order valence-corrected chi connectivity index (χ0v) is 12.4. The summed E-state index contributed by atoms with van der Waals surface area (Å²) < 4.78 is 10.1. The molecule has 1 fully saturated rings. The first-order valence-electron chi connectivity index (χ1n) is 6.98. The minimum atomic E-state index is -1.23. The molecule has 2 rings (SSSR count). The lowest BCUT2D eigenvalue weighted by Crippen LogP contribution is -2.46. The number of carbonyl (C=O) groups excluding carboxylic acids is 2. The largest absolute Gasteiger partial charge is 0.422 e. The molecular weight excluding hydrogens is 290 g/mol. The molecule has 0 N–H and O–H groups in total. The third-order valence-electron chi connectivity index (χ3n) is 3.39. The van der Waals surface area contributed by atoms with E-state index in [1.54, 1.807) is 18.2 Å². The van der Waals surface area contributed by atoms with Crippen molar-refractivity contribution in [1.82, 2.24) is 0 Å². The maximum absolute atomic E-state index is 11.8. The standard InChI is InChI=1S/C15H17NO6/c1-15(2)21-13(17)11(14(18)22-15)8-5-7-10-6-3-4-9-12(10)16(19)20/h3-4,6,9,11H,5,7-8H2,1-2H3. The molecule has 7 nitrogen and oxygen atoms in total. The van der Waals surface area contributed by atoms with Crippen LogP contribution in [0.25, 0.3) is 0 Å². The predicted molar refractivity (Wildman–Crippen MR) is 75.8 cm³/mol. The Labute approximate surface area is 127 Å². The van der Waals surface area contributed by atoms with E-state index in [4.69, 9.17) is 9.47 Å². The number of ether oxygens (including phenoxy) is 2. The van der Waals surface area contributed by atoms with E-state index in [2.05, 4.69) is 0 Å². The molecule has 1 saturated heterocycles. The van der Waals surface area contributed by atoms with E-state index in [1.165, 1.54) is 19.9 Å². The lowest BCUT2D eigenvalue weighted by molar-refractivity contribution is -0.385. The Morgan fingerprint density at radius 1 is 1.18 bits per heavy atom. The summed E-state index contributed by atoms with van der Waals surface area (Å²) >= 11 is 0. The van der Waals surface area contributed by atoms with Gasteiger partial charge in [0.1, 0.15) is 0 Å². The van der Waals surface area contributed by atoms with Crippen LogP contribution in [0, 0.1) is 16.0 Å². The number of rotatable bonds is 5. The van der Waals surface area contributed by atoms with Gasteiger partial charge < -0.3 is 9.47 Å². The van der Waals surface area contributed by atoms with Gasteiger partial charge in [-0.3, -0.25) is 19.7 Å². The minimum absolute atomic E-state index is 0.0393. The van der Waals surface area contributed by atoms with Gasteiger partial charge in [0.05, 0.1) is 4.92 Å². The fraction of sp³-hybridized carbons (Fsp3) is 0.467. The van der Waals surface area contributed by atoms with Crippen LogP contribution in [0.5, 0.6) is 0 Å². The molecule has 0 unspecified atom stereocenters. The van der Waals surface area contributed by atoms with Gasteiger partial charge in [-0.1, -0.05) is 18.2 Å². The van der Waals surface area contributed by atoms with Crippen LogP contribution in [-0.2, 0) is 25.5 Å². The van der Waals surface area contributed by atoms with Gasteiger partial charge in [0.2, 0.25) is 0 Å². The van der Waals surface area contributed by atoms with Crippen molar-refractivity contribution < 1.29 is 24.0 Å². The van der Waals surface area contributed by atoms with Gasteiger partial charge in [0.25, 0.3) is 11.5 Å². The zero-order valence-electron chi connectivity index (χ0n) is 12.4. The molecule has 7 heteroatoms. The molecule has 1 aromatic rings. The van der Waals surface area contributed by atoms with Crippen LogP contribution in [0.4, 0.5) is 5.69 Å². The average Bonchev–Trinajstić information content (AvgIpc) is 2.41. The number of benzene rings is 1. The van der Waals surface area contributed by atoms with Gasteiger partial charge in [-0.15, -0.1) is 0 Å². The minimum Gasteiger partial charge on any atom is -0.422 e. The number of nitrogens with zero attached hydrogens (tertiary/aromatic N) is 1. The highest BCUT2D eigenvalue weighted by Crippen LogP contribution is 2.27. The second kappa shape index (κ2) is 6.13. The zero-order chi connectivity index (χ0) is 16.3. The quantitative estimate of drug-likeness (QED) is 0.358. The van der Waals surface area contributed by atoms with E-state index in [0.29, 0.717) is 18.4 Å². The third-order valence-corrected chi connectivity index (χ3v) is 3.39. The first kappa shape index (κ1) is 15.9. The number of cyclic esters (lactones) is 2. The van der Waals surface area contributed by atoms with Gasteiger partial charge in [-0.05, 0) is 19.3 Å². The Balaban J connectivity index is 1.96. The number of nitro groups is 1. The summed E-state index contributed by atoms with van der Waals surface area (Å²) in [5, 5.41) is 10.9. The van der Waals surface area contributed by atoms with Crippen LogP contribution in [0.15, 0.2) is 24.3 Å². The van der Waals surface area contributed by atoms with E-state index >= 15 is 0 Å². The van der Waals surface area contributed by atoms with Crippen LogP contribution in [0.3, 0.4) is 0 Å². The Morgan fingerprint density at radius 2 is 1.77 bits per heavy atom. The van der Waals surface area contributed by atoms with Gasteiger partial charge in [-0.25, -0.2) is 0 Å². The Hall–Kier alpha value is -2.44. The second-order valence-corrected chi connectivity index (χ2v) is 5.57. The molecule has 0 aromatic heterocycles. The summed E-state index contributed by atoms with van der Waals surface area (Å²) in [6, 6.07) is 6.41. The van der Waals surface area contributed by atoms with Crippen molar-refractivity contribution in [2.45, 2.75) is 38.9 Å². The van der Waals surface area contributed by atoms with Gasteiger partial charge >= 0.3 is 11.9 Å². The Bertz CT molecular complexity index is 590. The molecule has 1 heterocycles. The van der Waals surface area contributed by atoms with Crippen molar-refractivity contribution in [3.63, 3.8) is 0 Å². The van der Waals surface area contributed by atoms with Crippen molar-refractivity contribution in [2.24, 2.45) is 5.92 Å². The van der Waals surface area contributed by atoms with E-state index in [9.17, 15) is 19.7 Å². The summed E-state index contributed by atoms with van der Waals surface area (Å²) in [6.07, 6.45) is 1.08. The first-order valence-corrected chi connectivity index (χ1v) is 6.98. The molecule has 118 valence electrons. The highest BCUT2D eigenvalue weighted by Gasteiger charge is 2.42. The fourth-order valence-corrected chi connectivity index (χ4v) is 2.38. The molecule has 0 bridgehead atoms. The molecule has 22 heavy (non-hydrogen) atoms. The molecule has 0 radical (unpaired) electrons. The number of hydrogen-bond donors (Lipinski definition) is 0. The number of hydrogen-bond acceptors (Lipinski definition) is 6. The molecule has 0 amide bonds. The van der Waals surface area contributed by atoms with Crippen LogP contribution in [0.1, 0.15) is 32.3 Å². The fourth-order valence-electron chi connectivity index (χ4n) is 2.38. The summed E-state index contributed by atoms with van der Waals surface area (Å²) in [5.41, 5.74) is 0.614. The van der Waals surface area contributed by atoms with E-state index in [1.807, 2.05) is 0 Å². The van der Waals surface area contributed by atoms with Crippen LogP contribution < -0.4 is 0 Å². The lowest BCUT2D eigenvalue weighted by atomic mass is 9.98. The van der Waals surface area contributed by atoms with Gasteiger partial charge in [0.15, 0.2) is 5.92 Å². The van der Waals surface area contributed by atoms with E-state index < -0.39 is 28.6 Å². The second-order valence-electron chi connectivity index (χ2n) is 5.57. The normalized spacial score (nSPS) is 17.7. The van der Waals surface area contributed by atoms with Crippen LogP contribution in [-0.4, -0.2) is 22.6 Å². The van der Waals surface area contributed by atoms with Crippen molar-refractivity contribution in [3.05, 3.63) is 39.9 Å². The molecule has 1 aromatic carbocycles. The average molecular weight is 307 g/mol. The summed E-state index contributed by atoms with van der Waals surface area (Å²) in [5.74, 6) is -3.41. The number of aryl methyl sites for hydroxylation is 1. The highest BCUT2D eigenvalue weighted by molar-refractivity contribution is 5.96. The molecule has 0 saturated carbocycles. The highest BCUT2D eigenvalue weighted by atomic mass is 16.7. The first-order chi connectivity index (χ1) is 10.3. The van der Waals surface area contributed by atoms with Crippen LogP contribution in [0.2, 0.25) is 0 Å². The predicted octanol–water partition coefficient (Wildman–Crippen LogP) is 2.37. The number of nitro benzene ring substituents is 1. The lowest BCUT2D eigenvalue weighted by Gasteiger charge is -2.32. The SMILES string of the molecule is CC1(C)OC(=O)C(CCCc2ccccc2[N+](=O)[O-])C(=O)O1. The molecule has 1 aliphatic rings. The number of para-hydroxylation sites is 1. The molecule has 1 aliphatic heterocycles. The summed E-state index contributed by atoms with van der Waals surface area (Å²) in [7, 11) is 0. The smallest absolute Gasteiger partial charge is 0.323 e. The molecule has 0 aliphatic carbocycles. The Kier molecular flexibility index (Phi) is 4.44. The summed E-state index contributed by atoms with van der Waals surface area (Å²) in [6.45, 7) is 2.98. The Morgan fingerprint density at radius 3 is 2.36 bits per heavy atom. The van der Waals surface area contributed by atoms with Crippen molar-refractivity contribution in [1.29, 1.82) is 0 Å². The number of esters is 2. The molecule has 0 atom stereocenters. The van der Waals surface area contributed by atoms with E-state index in [-0.39, 0.29) is 12.1 Å². The van der Waals surface area contributed by atoms with Gasteiger partial charge in [0, 0.05) is 25.5 Å². The maximum atomic E-state index is 11.8. The molecular formula is C15H17NO6. The van der Waals surface area contributed by atoms with E-state index in [0.717, 1.165) is 0 Å². The maximum Gasteiger partial charge on any atom is 0.323 e. The topological polar surface area (TPSA) is 95.7 Å². The molecule has 0 spiro atoms. The van der Waals surface area contributed by atoms with Crippen molar-refractivity contribution in [3.8, 4) is 0 Å². The third kappa shape index (κ3) is 3.60. The van der Waals surface area contributed by atoms with Crippen molar-refractivity contribution >= 4 is 17.6 Å². The van der Waals surface area contributed by atoms with Crippen LogP contribution >= 0.6 is 0 Å².